The van der Waals surface area contributed by atoms with Gasteiger partial charge in [-0.05, 0) is 20.3 Å². The molecule has 0 radical (unpaired) electrons. The molecule has 112 valence electrons. The van der Waals surface area contributed by atoms with Crippen LogP contribution in [0.4, 0.5) is 0 Å². The van der Waals surface area contributed by atoms with Gasteiger partial charge in [0.2, 0.25) is 0 Å². The molecular formula is C14H26O5. The van der Waals surface area contributed by atoms with Crippen molar-refractivity contribution in [3.63, 3.8) is 0 Å². The first kappa shape index (κ1) is 17.9. The van der Waals surface area contributed by atoms with Crippen molar-refractivity contribution in [2.45, 2.75) is 40.5 Å². The molecule has 1 unspecified atom stereocenters. The number of carbonyl (C=O) groups excluding carboxylic acids is 2. The van der Waals surface area contributed by atoms with Gasteiger partial charge in [0.1, 0.15) is 0 Å². The van der Waals surface area contributed by atoms with E-state index in [9.17, 15) is 9.59 Å². The Labute approximate surface area is 115 Å². The number of rotatable bonds is 9. The van der Waals surface area contributed by atoms with Crippen molar-refractivity contribution in [3.05, 3.63) is 0 Å². The monoisotopic (exact) mass is 274 g/mol. The van der Waals surface area contributed by atoms with Crippen LogP contribution in [0, 0.1) is 11.3 Å². The third-order valence-electron chi connectivity index (χ3n) is 3.18. The average Bonchev–Trinajstić information content (AvgIpc) is 2.36. The fourth-order valence-electron chi connectivity index (χ4n) is 2.24. The lowest BCUT2D eigenvalue weighted by molar-refractivity contribution is -0.178. The molecule has 0 aliphatic heterocycles. The zero-order chi connectivity index (χ0) is 14.9. The van der Waals surface area contributed by atoms with Gasteiger partial charge in [-0.25, -0.2) is 0 Å². The zero-order valence-corrected chi connectivity index (χ0v) is 12.7. The normalized spacial score (nSPS) is 12.9. The van der Waals surface area contributed by atoms with E-state index in [-0.39, 0.29) is 19.1 Å². The Morgan fingerprint density at radius 1 is 1.05 bits per heavy atom. The maximum absolute atomic E-state index is 12.3. The molecule has 0 heterocycles. The van der Waals surface area contributed by atoms with Crippen LogP contribution in [0.3, 0.4) is 0 Å². The van der Waals surface area contributed by atoms with Crippen molar-refractivity contribution < 1.29 is 23.8 Å². The minimum atomic E-state index is -1.27. The first-order chi connectivity index (χ1) is 9.00. The molecule has 0 fully saturated rings. The highest BCUT2D eigenvalue weighted by Gasteiger charge is 2.52. The zero-order valence-electron chi connectivity index (χ0n) is 12.7. The van der Waals surface area contributed by atoms with E-state index < -0.39 is 17.4 Å². The predicted molar refractivity (Wildman–Crippen MR) is 71.6 cm³/mol. The minimum Gasteiger partial charge on any atom is -0.465 e. The molecule has 0 aliphatic carbocycles. The van der Waals surface area contributed by atoms with Gasteiger partial charge in [0, 0.05) is 13.0 Å². The summed E-state index contributed by atoms with van der Waals surface area (Å²) >= 11 is 0. The Hall–Kier alpha value is -1.10. The van der Waals surface area contributed by atoms with Crippen molar-refractivity contribution in [2.24, 2.45) is 11.3 Å². The Balaban J connectivity index is 5.44. The largest absolute Gasteiger partial charge is 0.465 e. The van der Waals surface area contributed by atoms with Crippen molar-refractivity contribution in [2.75, 3.05) is 26.9 Å². The van der Waals surface area contributed by atoms with E-state index in [1.54, 1.807) is 21.0 Å². The van der Waals surface area contributed by atoms with Crippen LogP contribution < -0.4 is 0 Å². The topological polar surface area (TPSA) is 61.8 Å². The van der Waals surface area contributed by atoms with E-state index in [0.717, 1.165) is 0 Å². The first-order valence-corrected chi connectivity index (χ1v) is 6.84. The molecule has 0 spiro atoms. The highest BCUT2D eigenvalue weighted by atomic mass is 16.6. The Bertz CT molecular complexity index is 270. The second kappa shape index (κ2) is 8.91. The number of hydrogen-bond donors (Lipinski definition) is 0. The summed E-state index contributed by atoms with van der Waals surface area (Å²) in [4.78, 5) is 24.6. The molecule has 5 nitrogen and oxygen atoms in total. The van der Waals surface area contributed by atoms with Gasteiger partial charge < -0.3 is 14.2 Å². The molecule has 0 saturated heterocycles. The lowest BCUT2D eigenvalue weighted by Crippen LogP contribution is -2.48. The molecule has 0 aromatic heterocycles. The van der Waals surface area contributed by atoms with E-state index in [1.165, 1.54) is 0 Å². The van der Waals surface area contributed by atoms with Gasteiger partial charge in [0.15, 0.2) is 5.41 Å². The summed E-state index contributed by atoms with van der Waals surface area (Å²) in [5.41, 5.74) is -1.27. The van der Waals surface area contributed by atoms with Gasteiger partial charge in [-0.3, -0.25) is 9.59 Å². The Morgan fingerprint density at radius 3 is 1.84 bits per heavy atom. The van der Waals surface area contributed by atoms with E-state index in [0.29, 0.717) is 19.4 Å². The summed E-state index contributed by atoms with van der Waals surface area (Å²) in [5.74, 6) is -1.32. The maximum Gasteiger partial charge on any atom is 0.323 e. The van der Waals surface area contributed by atoms with Gasteiger partial charge in [0.25, 0.3) is 0 Å². The van der Waals surface area contributed by atoms with E-state index in [1.807, 2.05) is 13.8 Å². The number of esters is 2. The summed E-state index contributed by atoms with van der Waals surface area (Å²) in [5, 5.41) is 0. The van der Waals surface area contributed by atoms with Crippen LogP contribution in [0.2, 0.25) is 0 Å². The molecule has 1 atom stereocenters. The number of ether oxygens (including phenoxy) is 3. The van der Waals surface area contributed by atoms with Crippen LogP contribution in [0.5, 0.6) is 0 Å². The van der Waals surface area contributed by atoms with Crippen molar-refractivity contribution in [3.8, 4) is 0 Å². The quantitative estimate of drug-likeness (QED) is 0.476. The predicted octanol–water partition coefficient (Wildman–Crippen LogP) is 2.18. The molecule has 0 amide bonds. The lowest BCUT2D eigenvalue weighted by Gasteiger charge is -2.33. The van der Waals surface area contributed by atoms with Gasteiger partial charge >= 0.3 is 11.9 Å². The summed E-state index contributed by atoms with van der Waals surface area (Å²) in [6, 6.07) is 0. The third-order valence-corrected chi connectivity index (χ3v) is 3.18. The van der Waals surface area contributed by atoms with E-state index >= 15 is 0 Å². The Morgan fingerprint density at radius 2 is 1.53 bits per heavy atom. The molecular weight excluding hydrogens is 248 g/mol. The van der Waals surface area contributed by atoms with Gasteiger partial charge in [-0.2, -0.15) is 0 Å². The van der Waals surface area contributed by atoms with Crippen LogP contribution in [-0.2, 0) is 23.8 Å². The van der Waals surface area contributed by atoms with Gasteiger partial charge in [0.05, 0.1) is 19.8 Å². The summed E-state index contributed by atoms with van der Waals surface area (Å²) in [6.07, 6.45) is 1.08. The van der Waals surface area contributed by atoms with Crippen LogP contribution in [-0.4, -0.2) is 38.9 Å². The van der Waals surface area contributed by atoms with E-state index in [2.05, 4.69) is 0 Å². The van der Waals surface area contributed by atoms with Gasteiger partial charge in [-0.1, -0.05) is 20.3 Å². The second-order valence-corrected chi connectivity index (χ2v) is 4.52. The standard InChI is InChI=1S/C14H26O5/c1-6-9-14(11(4)10-17-5,12(15)18-7-2)13(16)19-8-3/h11H,6-10H2,1-5H3. The SMILES string of the molecule is CCCC(C(=O)OCC)(C(=O)OCC)C(C)COC. The van der Waals surface area contributed by atoms with Crippen LogP contribution >= 0.6 is 0 Å². The van der Waals surface area contributed by atoms with Crippen molar-refractivity contribution in [1.82, 2.24) is 0 Å². The molecule has 0 bridgehead atoms. The molecule has 0 rings (SSSR count). The summed E-state index contributed by atoms with van der Waals surface area (Å²) < 4.78 is 15.3. The fourth-order valence-corrected chi connectivity index (χ4v) is 2.24. The minimum absolute atomic E-state index is 0.239. The first-order valence-electron chi connectivity index (χ1n) is 6.84. The van der Waals surface area contributed by atoms with Crippen LogP contribution in [0.25, 0.3) is 0 Å². The molecule has 0 N–H and O–H groups in total. The third kappa shape index (κ3) is 4.20. The van der Waals surface area contributed by atoms with Crippen LogP contribution in [0.1, 0.15) is 40.5 Å². The number of carbonyl (C=O) groups is 2. The number of methoxy groups -OCH3 is 1. The molecule has 0 saturated carbocycles. The fraction of sp³-hybridized carbons (Fsp3) is 0.857. The smallest absolute Gasteiger partial charge is 0.323 e. The average molecular weight is 274 g/mol. The van der Waals surface area contributed by atoms with Crippen molar-refractivity contribution >= 4 is 11.9 Å². The summed E-state index contributed by atoms with van der Waals surface area (Å²) in [7, 11) is 1.55. The molecule has 0 aromatic carbocycles. The lowest BCUT2D eigenvalue weighted by atomic mass is 9.73. The molecule has 5 heteroatoms. The van der Waals surface area contributed by atoms with Crippen LogP contribution in [0.15, 0.2) is 0 Å². The Kier molecular flexibility index (Phi) is 8.39. The maximum atomic E-state index is 12.3. The molecule has 0 aliphatic rings. The van der Waals surface area contributed by atoms with Gasteiger partial charge in [-0.15, -0.1) is 0 Å². The summed E-state index contributed by atoms with van der Waals surface area (Å²) in [6.45, 7) is 7.96. The molecule has 19 heavy (non-hydrogen) atoms. The van der Waals surface area contributed by atoms with E-state index in [4.69, 9.17) is 14.2 Å². The number of hydrogen-bond acceptors (Lipinski definition) is 5. The highest BCUT2D eigenvalue weighted by molar-refractivity contribution is 6.00. The highest BCUT2D eigenvalue weighted by Crippen LogP contribution is 2.36. The second-order valence-electron chi connectivity index (χ2n) is 4.52. The molecule has 0 aromatic rings. The van der Waals surface area contributed by atoms with Crippen molar-refractivity contribution in [1.29, 1.82) is 0 Å².